The Balaban J connectivity index is 1.47. The van der Waals surface area contributed by atoms with Crippen molar-refractivity contribution in [3.05, 3.63) is 90.9 Å². The molecule has 0 unspecified atom stereocenters. The molecule has 3 aromatic carbocycles. The molecular weight excluding hydrogens is 663 g/mol. The fourth-order valence-corrected chi connectivity index (χ4v) is 5.73. The van der Waals surface area contributed by atoms with Crippen LogP contribution >= 0.6 is 46.0 Å². The van der Waals surface area contributed by atoms with Crippen molar-refractivity contribution in [3.8, 4) is 11.5 Å². The van der Waals surface area contributed by atoms with Crippen molar-refractivity contribution in [2.75, 3.05) is 18.5 Å². The Morgan fingerprint density at radius 2 is 1.82 bits per heavy atom. The Morgan fingerprint density at radius 3 is 2.50 bits per heavy atom. The normalized spacial score (nSPS) is 14.2. The number of carbonyl (C=O) groups is 3. The van der Waals surface area contributed by atoms with Crippen LogP contribution in [0.15, 0.2) is 65.6 Å². The Morgan fingerprint density at radius 1 is 1.10 bits per heavy atom. The zero-order valence-electron chi connectivity index (χ0n) is 22.2. The van der Waals surface area contributed by atoms with E-state index in [0.29, 0.717) is 40.3 Å². The second-order valence-corrected chi connectivity index (χ2v) is 11.8. The zero-order valence-corrected chi connectivity index (χ0v) is 25.9. The maximum Gasteiger partial charge on any atom is 0.294 e. The number of nitrogens with one attached hydrogen (secondary N) is 1. The predicted octanol–water partition coefficient (Wildman–Crippen LogP) is 7.72. The lowest BCUT2D eigenvalue weighted by atomic mass is 10.0. The minimum Gasteiger partial charge on any atom is -0.490 e. The average molecular weight is 691 g/mol. The minimum atomic E-state index is -0.521. The number of halogens is 2. The summed E-state index contributed by atoms with van der Waals surface area (Å²) in [5.74, 6) is 0.471. The van der Waals surface area contributed by atoms with Crippen LogP contribution in [0, 0.1) is 3.57 Å². The summed E-state index contributed by atoms with van der Waals surface area (Å²) in [6.45, 7) is 6.34. The van der Waals surface area contributed by atoms with E-state index in [1.54, 1.807) is 30.3 Å². The molecule has 4 rings (SSSR count). The smallest absolute Gasteiger partial charge is 0.294 e. The lowest BCUT2D eigenvalue weighted by molar-refractivity contribution is -0.127. The highest BCUT2D eigenvalue weighted by molar-refractivity contribution is 14.1. The van der Waals surface area contributed by atoms with Crippen LogP contribution in [-0.4, -0.2) is 35.1 Å². The second-order valence-electron chi connectivity index (χ2n) is 9.24. The van der Waals surface area contributed by atoms with Gasteiger partial charge in [-0.3, -0.25) is 19.3 Å². The number of anilines is 1. The van der Waals surface area contributed by atoms with E-state index in [9.17, 15) is 14.4 Å². The second kappa shape index (κ2) is 13.6. The SMILES string of the molecule is CCOc1cc(/C=C2/SC(=O)N(CC(=O)Nc3ccc(C(C)C)cc3)C2=O)cc(I)c1OCc1ccccc1Cl. The van der Waals surface area contributed by atoms with Crippen LogP contribution in [0.2, 0.25) is 5.02 Å². The summed E-state index contributed by atoms with van der Waals surface area (Å²) >= 11 is 9.21. The summed E-state index contributed by atoms with van der Waals surface area (Å²) in [7, 11) is 0. The summed E-state index contributed by atoms with van der Waals surface area (Å²) in [6.07, 6.45) is 1.62. The molecule has 1 N–H and O–H groups in total. The van der Waals surface area contributed by atoms with Gasteiger partial charge in [0, 0.05) is 16.3 Å². The van der Waals surface area contributed by atoms with Gasteiger partial charge in [0.05, 0.1) is 15.1 Å². The Kier molecular flexibility index (Phi) is 10.2. The molecule has 0 saturated carbocycles. The van der Waals surface area contributed by atoms with Crippen molar-refractivity contribution in [1.82, 2.24) is 4.90 Å². The van der Waals surface area contributed by atoms with Crippen molar-refractivity contribution < 1.29 is 23.9 Å². The van der Waals surface area contributed by atoms with Gasteiger partial charge in [-0.15, -0.1) is 0 Å². The molecule has 1 fully saturated rings. The first-order chi connectivity index (χ1) is 19.2. The fraction of sp³-hybridized carbons (Fsp3) is 0.233. The Bertz CT molecular complexity index is 1460. The first kappa shape index (κ1) is 30.0. The van der Waals surface area contributed by atoms with Crippen molar-refractivity contribution in [2.45, 2.75) is 33.3 Å². The number of hydrogen-bond acceptors (Lipinski definition) is 6. The first-order valence-electron chi connectivity index (χ1n) is 12.6. The van der Waals surface area contributed by atoms with Crippen molar-refractivity contribution >= 4 is 74.8 Å². The maximum absolute atomic E-state index is 13.0. The summed E-state index contributed by atoms with van der Waals surface area (Å²) in [4.78, 5) is 39.4. The van der Waals surface area contributed by atoms with E-state index in [-0.39, 0.29) is 18.1 Å². The summed E-state index contributed by atoms with van der Waals surface area (Å²) < 4.78 is 12.7. The molecule has 10 heteroatoms. The highest BCUT2D eigenvalue weighted by atomic mass is 127. The third-order valence-electron chi connectivity index (χ3n) is 6.00. The van der Waals surface area contributed by atoms with E-state index in [1.165, 1.54) is 0 Å². The molecule has 3 amide bonds. The lowest BCUT2D eigenvalue weighted by Gasteiger charge is -2.15. The van der Waals surface area contributed by atoms with Gasteiger partial charge in [-0.1, -0.05) is 55.8 Å². The molecule has 1 aliphatic rings. The van der Waals surface area contributed by atoms with Crippen LogP contribution in [0.4, 0.5) is 10.5 Å². The van der Waals surface area contributed by atoms with Gasteiger partial charge >= 0.3 is 0 Å². The molecule has 208 valence electrons. The number of imide groups is 1. The van der Waals surface area contributed by atoms with E-state index >= 15 is 0 Å². The third kappa shape index (κ3) is 7.38. The predicted molar refractivity (Wildman–Crippen MR) is 168 cm³/mol. The quantitative estimate of drug-likeness (QED) is 0.173. The molecular formula is C30H28ClIN2O5S. The molecule has 0 atom stereocenters. The van der Waals surface area contributed by atoms with E-state index in [2.05, 4.69) is 41.8 Å². The Hall–Kier alpha value is -3.02. The third-order valence-corrected chi connectivity index (χ3v) is 8.07. The van der Waals surface area contributed by atoms with Crippen molar-refractivity contribution in [3.63, 3.8) is 0 Å². The average Bonchev–Trinajstić information content (AvgIpc) is 3.16. The van der Waals surface area contributed by atoms with E-state index in [1.807, 2.05) is 43.3 Å². The largest absolute Gasteiger partial charge is 0.490 e. The molecule has 1 aliphatic heterocycles. The van der Waals surface area contributed by atoms with Gasteiger partial charge in [0.15, 0.2) is 11.5 Å². The molecule has 1 saturated heterocycles. The van der Waals surface area contributed by atoms with Crippen LogP contribution in [0.1, 0.15) is 43.4 Å². The fourth-order valence-electron chi connectivity index (χ4n) is 3.92. The number of amides is 3. The summed E-state index contributed by atoms with van der Waals surface area (Å²) in [5, 5.41) is 2.86. The molecule has 0 spiro atoms. The van der Waals surface area contributed by atoms with Gasteiger partial charge in [0.25, 0.3) is 11.1 Å². The van der Waals surface area contributed by atoms with Crippen LogP contribution in [0.25, 0.3) is 6.08 Å². The number of thioether (sulfide) groups is 1. The molecule has 40 heavy (non-hydrogen) atoms. The van der Waals surface area contributed by atoms with Gasteiger partial charge < -0.3 is 14.8 Å². The molecule has 0 aromatic heterocycles. The van der Waals surface area contributed by atoms with E-state index in [0.717, 1.165) is 31.4 Å². The lowest BCUT2D eigenvalue weighted by Crippen LogP contribution is -2.36. The molecule has 0 aliphatic carbocycles. The minimum absolute atomic E-state index is 0.224. The van der Waals surface area contributed by atoms with Crippen LogP contribution < -0.4 is 14.8 Å². The number of hydrogen-bond donors (Lipinski definition) is 1. The maximum atomic E-state index is 13.0. The number of rotatable bonds is 10. The van der Waals surface area contributed by atoms with Gasteiger partial charge in [-0.05, 0) is 94.7 Å². The number of ether oxygens (including phenoxy) is 2. The zero-order chi connectivity index (χ0) is 28.8. The highest BCUT2D eigenvalue weighted by Crippen LogP contribution is 2.38. The molecule has 1 heterocycles. The van der Waals surface area contributed by atoms with Gasteiger partial charge in [-0.25, -0.2) is 0 Å². The number of carbonyl (C=O) groups excluding carboxylic acids is 3. The molecule has 7 nitrogen and oxygen atoms in total. The molecule has 3 aromatic rings. The first-order valence-corrected chi connectivity index (χ1v) is 14.9. The molecule has 0 bridgehead atoms. The van der Waals surface area contributed by atoms with Crippen LogP contribution in [0.3, 0.4) is 0 Å². The van der Waals surface area contributed by atoms with Crippen LogP contribution in [-0.2, 0) is 16.2 Å². The van der Waals surface area contributed by atoms with Gasteiger partial charge in [0.1, 0.15) is 13.2 Å². The topological polar surface area (TPSA) is 84.9 Å². The van der Waals surface area contributed by atoms with Crippen LogP contribution in [0.5, 0.6) is 11.5 Å². The van der Waals surface area contributed by atoms with E-state index < -0.39 is 17.1 Å². The van der Waals surface area contributed by atoms with Crippen molar-refractivity contribution in [2.24, 2.45) is 0 Å². The summed E-state index contributed by atoms with van der Waals surface area (Å²) in [6, 6.07) is 18.5. The summed E-state index contributed by atoms with van der Waals surface area (Å²) in [5.41, 5.74) is 3.26. The number of benzene rings is 3. The highest BCUT2D eigenvalue weighted by Gasteiger charge is 2.36. The van der Waals surface area contributed by atoms with Crippen molar-refractivity contribution in [1.29, 1.82) is 0 Å². The molecule has 0 radical (unpaired) electrons. The Labute approximate surface area is 256 Å². The standard InChI is InChI=1S/C30H28ClIN2O5S/c1-4-38-25-14-19(13-24(32)28(25)39-17-21-7-5-6-8-23(21)31)15-26-29(36)34(30(37)40-26)16-27(35)33-22-11-9-20(10-12-22)18(2)3/h5-15,18H,4,16-17H2,1-3H3,(H,33,35)/b26-15+. The van der Waals surface area contributed by atoms with E-state index in [4.69, 9.17) is 21.1 Å². The van der Waals surface area contributed by atoms with Gasteiger partial charge in [-0.2, -0.15) is 0 Å². The number of nitrogens with zero attached hydrogens (tertiary/aromatic N) is 1. The monoisotopic (exact) mass is 690 g/mol. The van der Waals surface area contributed by atoms with Gasteiger partial charge in [0.2, 0.25) is 5.91 Å².